The van der Waals surface area contributed by atoms with E-state index in [0.717, 1.165) is 29.5 Å². The van der Waals surface area contributed by atoms with Crippen LogP contribution in [0.25, 0.3) is 10.2 Å². The lowest BCUT2D eigenvalue weighted by molar-refractivity contribution is -0.147. The van der Waals surface area contributed by atoms with Gasteiger partial charge in [0.05, 0.1) is 29.7 Å². The molecule has 2 aromatic rings. The third-order valence-electron chi connectivity index (χ3n) is 4.72. The van der Waals surface area contributed by atoms with E-state index in [0.29, 0.717) is 5.13 Å². The summed E-state index contributed by atoms with van der Waals surface area (Å²) in [6, 6.07) is 5.85. The average Bonchev–Trinajstić information content (AvgIpc) is 3.26. The van der Waals surface area contributed by atoms with Crippen molar-refractivity contribution >= 4 is 38.7 Å². The van der Waals surface area contributed by atoms with Gasteiger partial charge in [0, 0.05) is 0 Å². The van der Waals surface area contributed by atoms with Crippen molar-refractivity contribution < 1.29 is 14.3 Å². The first-order valence-corrected chi connectivity index (χ1v) is 10.7. The molecular weight excluding hydrogens is 398 g/mol. The normalized spacial score (nSPS) is 16.4. The van der Waals surface area contributed by atoms with Crippen LogP contribution in [0.3, 0.4) is 0 Å². The summed E-state index contributed by atoms with van der Waals surface area (Å²) in [5, 5.41) is 0.497. The Labute approximate surface area is 180 Å². The summed E-state index contributed by atoms with van der Waals surface area (Å²) in [7, 11) is 0. The topological polar surface area (TPSA) is 62.7 Å². The largest absolute Gasteiger partial charge is 0.439 e. The molecule has 1 atom stereocenters. The Kier molecular flexibility index (Phi) is 7.26. The number of benzene rings is 1. The zero-order chi connectivity index (χ0) is 21.5. The van der Waals surface area contributed by atoms with Gasteiger partial charge in [0.15, 0.2) is 5.13 Å². The number of nitrogens with zero attached hydrogens (tertiary/aromatic N) is 3. The van der Waals surface area contributed by atoms with Crippen LogP contribution in [0.2, 0.25) is 0 Å². The molecule has 156 valence electrons. The van der Waals surface area contributed by atoms with Crippen molar-refractivity contribution in [3.05, 3.63) is 48.6 Å². The number of amides is 2. The molecule has 30 heavy (non-hydrogen) atoms. The number of hydrogen-bond donors (Lipinski definition) is 0. The van der Waals surface area contributed by atoms with Gasteiger partial charge < -0.3 is 9.64 Å². The number of aromatic nitrogens is 1. The molecule has 2 heterocycles. The van der Waals surface area contributed by atoms with Crippen LogP contribution in [0.1, 0.15) is 31.7 Å². The molecule has 0 radical (unpaired) electrons. The Balaban J connectivity index is 1.84. The highest BCUT2D eigenvalue weighted by Gasteiger charge is 2.41. The Morgan fingerprint density at radius 2 is 2.33 bits per heavy atom. The smallest absolute Gasteiger partial charge is 0.330 e. The van der Waals surface area contributed by atoms with E-state index < -0.39 is 12.2 Å². The van der Waals surface area contributed by atoms with Gasteiger partial charge in [-0.15, -0.1) is 13.0 Å². The summed E-state index contributed by atoms with van der Waals surface area (Å²) in [4.78, 5) is 32.4. The highest BCUT2D eigenvalue weighted by Crippen LogP contribution is 2.34. The number of carbonyl (C=O) groups excluding carboxylic acids is 2. The Hall–Kier alpha value is -3.11. The van der Waals surface area contributed by atoms with Crippen LogP contribution in [0.4, 0.5) is 9.93 Å². The van der Waals surface area contributed by atoms with Gasteiger partial charge in [-0.3, -0.25) is 4.79 Å². The first-order chi connectivity index (χ1) is 14.6. The van der Waals surface area contributed by atoms with Crippen LogP contribution < -0.4 is 4.90 Å². The van der Waals surface area contributed by atoms with Gasteiger partial charge in [0.25, 0.3) is 0 Å². The molecule has 1 aromatic heterocycles. The van der Waals surface area contributed by atoms with E-state index in [2.05, 4.69) is 41.8 Å². The molecule has 1 aliphatic heterocycles. The lowest BCUT2D eigenvalue weighted by Crippen LogP contribution is -2.37. The van der Waals surface area contributed by atoms with Crippen molar-refractivity contribution in [2.45, 2.75) is 38.8 Å². The summed E-state index contributed by atoms with van der Waals surface area (Å²) in [6.45, 7) is 5.92. The number of anilines is 1. The molecule has 1 aromatic carbocycles. The van der Waals surface area contributed by atoms with Gasteiger partial charge in [0.2, 0.25) is 6.23 Å². The predicted octanol–water partition coefficient (Wildman–Crippen LogP) is 4.52. The van der Waals surface area contributed by atoms with E-state index in [1.165, 1.54) is 32.8 Å². The number of fused-ring (bicyclic) bond motifs is 1. The molecule has 1 unspecified atom stereocenters. The minimum Gasteiger partial charge on any atom is -0.439 e. The van der Waals surface area contributed by atoms with Crippen molar-refractivity contribution in [1.82, 2.24) is 9.88 Å². The highest BCUT2D eigenvalue weighted by molar-refractivity contribution is 7.22. The van der Waals surface area contributed by atoms with Gasteiger partial charge in [-0.05, 0) is 43.9 Å². The van der Waals surface area contributed by atoms with E-state index in [1.54, 1.807) is 0 Å². The zero-order valence-electron chi connectivity index (χ0n) is 17.0. The lowest BCUT2D eigenvalue weighted by Gasteiger charge is -2.19. The fraction of sp³-hybridized carbons (Fsp3) is 0.348. The van der Waals surface area contributed by atoms with Gasteiger partial charge in [0.1, 0.15) is 0 Å². The van der Waals surface area contributed by atoms with E-state index in [-0.39, 0.29) is 25.5 Å². The van der Waals surface area contributed by atoms with Crippen molar-refractivity contribution in [3.8, 4) is 12.3 Å². The molecule has 6 nitrogen and oxygen atoms in total. The number of urea groups is 1. The summed E-state index contributed by atoms with van der Waals surface area (Å²) in [5.74, 6) is 2.03. The first kappa shape index (κ1) is 21.6. The van der Waals surface area contributed by atoms with Gasteiger partial charge in [-0.2, -0.15) is 0 Å². The summed E-state index contributed by atoms with van der Waals surface area (Å²) < 4.78 is 6.50. The van der Waals surface area contributed by atoms with E-state index in [4.69, 9.17) is 11.2 Å². The lowest BCUT2D eigenvalue weighted by atomic mass is 10.1. The minimum absolute atomic E-state index is 0.0735. The Morgan fingerprint density at radius 3 is 3.07 bits per heavy atom. The third-order valence-corrected chi connectivity index (χ3v) is 5.74. The Morgan fingerprint density at radius 1 is 1.50 bits per heavy atom. The predicted molar refractivity (Wildman–Crippen MR) is 120 cm³/mol. The van der Waals surface area contributed by atoms with Crippen molar-refractivity contribution in [2.75, 3.05) is 18.0 Å². The zero-order valence-corrected chi connectivity index (χ0v) is 17.9. The molecule has 1 fully saturated rings. The number of allylic oxidation sites excluding steroid dienone is 2. The minimum atomic E-state index is -0.765. The SMILES string of the molecule is C#CCN1CC(OC(=O)CC=C)N(c2nc3ccc(CCCC=CC)cc3s2)C1=O. The van der Waals surface area contributed by atoms with E-state index in [1.807, 2.05) is 13.0 Å². The summed E-state index contributed by atoms with van der Waals surface area (Å²) in [6.07, 6.45) is 13.5. The second-order valence-corrected chi connectivity index (χ2v) is 7.94. The quantitative estimate of drug-likeness (QED) is 0.258. The molecule has 3 rings (SSSR count). The van der Waals surface area contributed by atoms with Crippen molar-refractivity contribution in [1.29, 1.82) is 0 Å². The summed E-state index contributed by atoms with van der Waals surface area (Å²) in [5.41, 5.74) is 2.05. The fourth-order valence-electron chi connectivity index (χ4n) is 3.28. The van der Waals surface area contributed by atoms with Crippen LogP contribution in [0.5, 0.6) is 0 Å². The maximum atomic E-state index is 12.9. The molecule has 1 saturated heterocycles. The van der Waals surface area contributed by atoms with Gasteiger partial charge >= 0.3 is 12.0 Å². The molecule has 0 N–H and O–H groups in total. The van der Waals surface area contributed by atoms with E-state index >= 15 is 0 Å². The first-order valence-electron chi connectivity index (χ1n) is 9.90. The van der Waals surface area contributed by atoms with Crippen molar-refractivity contribution in [2.24, 2.45) is 0 Å². The maximum absolute atomic E-state index is 12.9. The highest BCUT2D eigenvalue weighted by atomic mass is 32.1. The number of ether oxygens (including phenoxy) is 1. The molecule has 0 bridgehead atoms. The summed E-state index contributed by atoms with van der Waals surface area (Å²) >= 11 is 1.41. The molecule has 7 heteroatoms. The number of rotatable bonds is 9. The van der Waals surface area contributed by atoms with Crippen LogP contribution in [0, 0.1) is 12.3 Å². The number of esters is 1. The number of unbranched alkanes of at least 4 members (excludes halogenated alkanes) is 1. The molecule has 2 amide bonds. The van der Waals surface area contributed by atoms with Crippen LogP contribution in [-0.4, -0.2) is 41.2 Å². The maximum Gasteiger partial charge on any atom is 0.330 e. The Bertz CT molecular complexity index is 1000. The van der Waals surface area contributed by atoms with Crippen molar-refractivity contribution in [3.63, 3.8) is 0 Å². The molecule has 0 saturated carbocycles. The standard InChI is InChI=1S/C23H25N3O3S/c1-4-7-8-9-11-17-12-13-18-19(15-17)30-22(24-18)26-20(29-21(27)10-5-2)16-25(14-6-3)23(26)28/h3-5,7,12-13,15,20H,2,8-11,14,16H2,1H3. The third kappa shape index (κ3) is 4.89. The fourth-order valence-corrected chi connectivity index (χ4v) is 4.35. The number of hydrogen-bond acceptors (Lipinski definition) is 5. The number of thiazole rings is 1. The van der Waals surface area contributed by atoms with Crippen LogP contribution >= 0.6 is 11.3 Å². The second-order valence-electron chi connectivity index (χ2n) is 6.93. The number of aryl methyl sites for hydroxylation is 1. The number of terminal acetylenes is 1. The average molecular weight is 424 g/mol. The van der Waals surface area contributed by atoms with Gasteiger partial charge in [-0.1, -0.05) is 41.6 Å². The van der Waals surface area contributed by atoms with Crippen LogP contribution in [0.15, 0.2) is 43.0 Å². The molecule has 0 aliphatic carbocycles. The molecule has 0 spiro atoms. The number of carbonyl (C=O) groups is 2. The van der Waals surface area contributed by atoms with E-state index in [9.17, 15) is 9.59 Å². The van der Waals surface area contributed by atoms with Crippen LogP contribution in [-0.2, 0) is 16.0 Å². The van der Waals surface area contributed by atoms with Gasteiger partial charge in [-0.25, -0.2) is 14.7 Å². The molecule has 1 aliphatic rings. The second kappa shape index (κ2) is 10.1. The molecular formula is C23H25N3O3S. The monoisotopic (exact) mass is 423 g/mol.